The summed E-state index contributed by atoms with van der Waals surface area (Å²) in [5, 5.41) is 0. The molecule has 0 aliphatic heterocycles. The van der Waals surface area contributed by atoms with Gasteiger partial charge in [0.2, 0.25) is 0 Å². The van der Waals surface area contributed by atoms with Gasteiger partial charge in [0.1, 0.15) is 23.0 Å². The summed E-state index contributed by atoms with van der Waals surface area (Å²) in [5.41, 5.74) is 2.32. The van der Waals surface area contributed by atoms with Gasteiger partial charge in [-0.2, -0.15) is 0 Å². The molecule has 0 aliphatic rings. The van der Waals surface area contributed by atoms with Crippen LogP contribution in [0.15, 0.2) is 94.7 Å². The normalized spacial score (nSPS) is 10.5. The number of para-hydroxylation sites is 2. The largest absolute Gasteiger partial charge is 0.497 e. The van der Waals surface area contributed by atoms with Crippen molar-refractivity contribution in [1.29, 1.82) is 0 Å². The second kappa shape index (κ2) is 14.1. The molecule has 0 fully saturated rings. The van der Waals surface area contributed by atoms with Gasteiger partial charge in [0.25, 0.3) is 11.8 Å². The molecule has 42 heavy (non-hydrogen) atoms. The third-order valence-corrected chi connectivity index (χ3v) is 9.02. The van der Waals surface area contributed by atoms with Gasteiger partial charge in [0, 0.05) is 36.0 Å². The maximum Gasteiger partial charge on any atom is 0.261 e. The van der Waals surface area contributed by atoms with Crippen molar-refractivity contribution in [2.24, 2.45) is 0 Å². The average Bonchev–Trinajstić information content (AvgIpc) is 3.05. The van der Waals surface area contributed by atoms with Gasteiger partial charge >= 0.3 is 0 Å². The zero-order chi connectivity index (χ0) is 30.2. The van der Waals surface area contributed by atoms with Crippen LogP contribution in [0.25, 0.3) is 0 Å². The van der Waals surface area contributed by atoms with E-state index in [2.05, 4.69) is 0 Å². The summed E-state index contributed by atoms with van der Waals surface area (Å²) >= 11 is 0. The van der Waals surface area contributed by atoms with Crippen LogP contribution in [0.4, 0.5) is 11.4 Å². The number of carbonyl (C=O) groups excluding carboxylic acids is 2. The lowest BCUT2D eigenvalue weighted by atomic mass is 10.1. The number of rotatable bonds is 11. The summed E-state index contributed by atoms with van der Waals surface area (Å²) in [6.07, 6.45) is 0. The molecular weight excluding hydrogens is 572 g/mol. The fourth-order valence-corrected chi connectivity index (χ4v) is 6.64. The Morgan fingerprint density at radius 3 is 1.29 bits per heavy atom. The molecule has 10 heteroatoms. The first kappa shape index (κ1) is 30.7. The highest BCUT2D eigenvalue weighted by Gasteiger charge is 2.23. The molecule has 4 rings (SSSR count). The van der Waals surface area contributed by atoms with Crippen LogP contribution in [0.1, 0.15) is 20.7 Å². The van der Waals surface area contributed by atoms with Gasteiger partial charge < -0.3 is 28.7 Å². The van der Waals surface area contributed by atoms with Gasteiger partial charge in [0.15, 0.2) is 0 Å². The van der Waals surface area contributed by atoms with Crippen molar-refractivity contribution in [2.75, 3.05) is 52.3 Å². The maximum absolute atomic E-state index is 13.5. The zero-order valence-electron chi connectivity index (χ0n) is 24.2. The van der Waals surface area contributed by atoms with Gasteiger partial charge in [-0.1, -0.05) is 45.9 Å². The molecule has 0 spiro atoms. The van der Waals surface area contributed by atoms with E-state index < -0.39 is 0 Å². The van der Waals surface area contributed by atoms with Crippen LogP contribution < -0.4 is 28.7 Å². The SMILES string of the molecule is COc1ccc(C(=O)N(C)c2ccccc2SSc2ccccc2N(C)C(=O)c2ccc(OC)cc2OC)c(OC)c1. The van der Waals surface area contributed by atoms with E-state index in [1.165, 1.54) is 35.8 Å². The van der Waals surface area contributed by atoms with E-state index in [1.54, 1.807) is 74.5 Å². The van der Waals surface area contributed by atoms with Crippen LogP contribution in [0.2, 0.25) is 0 Å². The number of ether oxygens (including phenoxy) is 4. The lowest BCUT2D eigenvalue weighted by Gasteiger charge is -2.23. The molecule has 0 bridgehead atoms. The molecule has 0 N–H and O–H groups in total. The summed E-state index contributed by atoms with van der Waals surface area (Å²) < 4.78 is 21.5. The fourth-order valence-electron chi connectivity index (χ4n) is 4.23. The Hall–Kier alpha value is -4.28. The van der Waals surface area contributed by atoms with Crippen molar-refractivity contribution in [1.82, 2.24) is 0 Å². The number of hydrogen-bond acceptors (Lipinski definition) is 8. The number of amides is 2. The van der Waals surface area contributed by atoms with Crippen LogP contribution in [-0.4, -0.2) is 54.3 Å². The van der Waals surface area contributed by atoms with Gasteiger partial charge in [-0.25, -0.2) is 0 Å². The second-order valence-corrected chi connectivity index (χ2v) is 11.2. The lowest BCUT2D eigenvalue weighted by Crippen LogP contribution is -2.27. The number of anilines is 2. The minimum atomic E-state index is -0.216. The van der Waals surface area contributed by atoms with Crippen molar-refractivity contribution in [3.8, 4) is 23.0 Å². The minimum absolute atomic E-state index is 0.216. The third kappa shape index (κ3) is 6.61. The predicted molar refractivity (Wildman–Crippen MR) is 169 cm³/mol. The number of benzene rings is 4. The molecule has 0 saturated heterocycles. The Labute approximate surface area is 253 Å². The Bertz CT molecular complexity index is 1460. The van der Waals surface area contributed by atoms with E-state index in [-0.39, 0.29) is 11.8 Å². The first-order valence-corrected chi connectivity index (χ1v) is 15.0. The number of hydrogen-bond donors (Lipinski definition) is 0. The van der Waals surface area contributed by atoms with Crippen LogP contribution in [0, 0.1) is 0 Å². The summed E-state index contributed by atoms with van der Waals surface area (Å²) in [6, 6.07) is 25.6. The predicted octanol–water partition coefficient (Wildman–Crippen LogP) is 7.07. The zero-order valence-corrected chi connectivity index (χ0v) is 25.9. The molecule has 0 heterocycles. The van der Waals surface area contributed by atoms with Crippen LogP contribution in [0.5, 0.6) is 23.0 Å². The van der Waals surface area contributed by atoms with Gasteiger partial charge in [0.05, 0.1) is 50.9 Å². The summed E-state index contributed by atoms with van der Waals surface area (Å²) in [4.78, 5) is 32.0. The smallest absolute Gasteiger partial charge is 0.261 e. The quantitative estimate of drug-likeness (QED) is 0.168. The molecule has 4 aromatic rings. The van der Waals surface area contributed by atoms with E-state index >= 15 is 0 Å². The Morgan fingerprint density at radius 2 is 0.929 bits per heavy atom. The summed E-state index contributed by atoms with van der Waals surface area (Å²) in [5.74, 6) is 1.64. The number of carbonyl (C=O) groups is 2. The molecule has 8 nitrogen and oxygen atoms in total. The van der Waals surface area contributed by atoms with E-state index in [1.807, 2.05) is 48.5 Å². The first-order valence-electron chi connectivity index (χ1n) is 12.9. The maximum atomic E-state index is 13.5. The molecule has 0 saturated carbocycles. The van der Waals surface area contributed by atoms with E-state index in [4.69, 9.17) is 18.9 Å². The fraction of sp³-hybridized carbons (Fsp3) is 0.188. The molecule has 4 aromatic carbocycles. The van der Waals surface area contributed by atoms with Crippen molar-refractivity contribution >= 4 is 44.8 Å². The Balaban J connectivity index is 1.57. The highest BCUT2D eigenvalue weighted by Crippen LogP contribution is 2.45. The van der Waals surface area contributed by atoms with Gasteiger partial charge in [-0.3, -0.25) is 9.59 Å². The van der Waals surface area contributed by atoms with Gasteiger partial charge in [-0.05, 0) is 48.5 Å². The summed E-state index contributed by atoms with van der Waals surface area (Å²) in [7, 11) is 12.6. The molecule has 0 unspecified atom stereocenters. The monoisotopic (exact) mass is 604 g/mol. The van der Waals surface area contributed by atoms with E-state index in [9.17, 15) is 9.59 Å². The molecule has 0 aliphatic carbocycles. The standard InChI is InChI=1S/C32H32N2O6S2/c1-33(31(35)23-17-15-21(37-3)19-27(23)39-5)25-11-7-9-13-29(25)41-42-30-14-10-8-12-26(30)34(2)32(36)24-18-16-22(38-4)20-28(24)40-6/h7-20H,1-6H3. The van der Waals surface area contributed by atoms with E-state index in [0.717, 1.165) is 21.2 Å². The van der Waals surface area contributed by atoms with Crippen LogP contribution in [0.3, 0.4) is 0 Å². The lowest BCUT2D eigenvalue weighted by molar-refractivity contribution is 0.0981. The van der Waals surface area contributed by atoms with Crippen LogP contribution in [-0.2, 0) is 0 Å². The van der Waals surface area contributed by atoms with Gasteiger partial charge in [-0.15, -0.1) is 0 Å². The molecular formula is C32H32N2O6S2. The second-order valence-electron chi connectivity index (χ2n) is 8.96. The minimum Gasteiger partial charge on any atom is -0.497 e. The Morgan fingerprint density at radius 1 is 0.548 bits per heavy atom. The first-order chi connectivity index (χ1) is 20.3. The van der Waals surface area contributed by atoms with E-state index in [0.29, 0.717) is 34.1 Å². The summed E-state index contributed by atoms with van der Waals surface area (Å²) in [6.45, 7) is 0. The van der Waals surface area contributed by atoms with Crippen molar-refractivity contribution in [2.45, 2.75) is 9.79 Å². The Kier molecular flexibility index (Phi) is 10.3. The van der Waals surface area contributed by atoms with Crippen molar-refractivity contribution in [3.63, 3.8) is 0 Å². The molecule has 0 atom stereocenters. The highest BCUT2D eigenvalue weighted by molar-refractivity contribution is 8.76. The molecule has 218 valence electrons. The topological polar surface area (TPSA) is 77.5 Å². The number of nitrogens with zero attached hydrogens (tertiary/aromatic N) is 2. The average molecular weight is 605 g/mol. The highest BCUT2D eigenvalue weighted by atomic mass is 33.1. The molecule has 0 aromatic heterocycles. The van der Waals surface area contributed by atoms with Crippen LogP contribution >= 0.6 is 21.6 Å². The number of methoxy groups -OCH3 is 4. The molecule has 0 radical (unpaired) electrons. The van der Waals surface area contributed by atoms with Crippen molar-refractivity contribution < 1.29 is 28.5 Å². The van der Waals surface area contributed by atoms with Crippen molar-refractivity contribution in [3.05, 3.63) is 96.1 Å². The molecule has 2 amide bonds. The third-order valence-electron chi connectivity index (χ3n) is 6.56.